The Morgan fingerprint density at radius 3 is 1.95 bits per heavy atom. The van der Waals surface area contributed by atoms with Gasteiger partial charge >= 0.3 is 0 Å². The van der Waals surface area contributed by atoms with E-state index < -0.39 is 0 Å². The molecule has 0 unspecified atom stereocenters. The molecule has 100 valence electrons. The molecule has 0 spiro atoms. The van der Waals surface area contributed by atoms with E-state index >= 15 is 0 Å². The lowest BCUT2D eigenvalue weighted by Crippen LogP contribution is -2.11. The van der Waals surface area contributed by atoms with Crippen LogP contribution in [0.4, 0.5) is 0 Å². The summed E-state index contributed by atoms with van der Waals surface area (Å²) in [6.07, 6.45) is 0. The van der Waals surface area contributed by atoms with Gasteiger partial charge in [0, 0.05) is 0 Å². The fourth-order valence-corrected chi connectivity index (χ4v) is 2.82. The highest BCUT2D eigenvalue weighted by Gasteiger charge is 2.18. The van der Waals surface area contributed by atoms with E-state index in [0.717, 1.165) is 0 Å². The predicted molar refractivity (Wildman–Crippen MR) is 88.1 cm³/mol. The molecule has 0 aliphatic heterocycles. The van der Waals surface area contributed by atoms with Crippen LogP contribution in [0.2, 0.25) is 0 Å². The summed E-state index contributed by atoms with van der Waals surface area (Å²) in [5.41, 5.74) is 4.17. The first-order valence-electron chi connectivity index (χ1n) is 7.15. The quantitative estimate of drug-likeness (QED) is 0.518. The van der Waals surface area contributed by atoms with Crippen molar-refractivity contribution in [2.45, 2.75) is 26.2 Å². The van der Waals surface area contributed by atoms with Crippen molar-refractivity contribution in [1.29, 1.82) is 0 Å². The van der Waals surface area contributed by atoms with Crippen LogP contribution in [0.3, 0.4) is 0 Å². The minimum Gasteiger partial charge on any atom is -0.0622 e. The van der Waals surface area contributed by atoms with Crippen LogP contribution < -0.4 is 0 Å². The molecule has 20 heavy (non-hydrogen) atoms. The molecular weight excluding hydrogens is 240 g/mol. The zero-order valence-corrected chi connectivity index (χ0v) is 12.4. The van der Waals surface area contributed by atoms with Crippen molar-refractivity contribution < 1.29 is 0 Å². The van der Waals surface area contributed by atoms with Gasteiger partial charge in [-0.05, 0) is 32.9 Å². The average Bonchev–Trinajstić information content (AvgIpc) is 2.46. The molecule has 3 rings (SSSR count). The van der Waals surface area contributed by atoms with Gasteiger partial charge in [0.25, 0.3) is 0 Å². The summed E-state index contributed by atoms with van der Waals surface area (Å²) in [5.74, 6) is 0. The predicted octanol–water partition coefficient (Wildman–Crippen LogP) is 5.80. The van der Waals surface area contributed by atoms with Gasteiger partial charge in [0.1, 0.15) is 0 Å². The van der Waals surface area contributed by atoms with Gasteiger partial charge in [0.05, 0.1) is 0 Å². The number of hydrogen-bond donors (Lipinski definition) is 0. The highest BCUT2D eigenvalue weighted by atomic mass is 14.2. The van der Waals surface area contributed by atoms with E-state index in [9.17, 15) is 0 Å². The molecule has 3 aromatic carbocycles. The third kappa shape index (κ3) is 2.22. The molecule has 0 fully saturated rings. The summed E-state index contributed by atoms with van der Waals surface area (Å²) < 4.78 is 0. The van der Waals surface area contributed by atoms with Crippen molar-refractivity contribution in [3.05, 3.63) is 72.3 Å². The summed E-state index contributed by atoms with van der Waals surface area (Å²) in [5, 5.41) is 2.70. The molecule has 0 nitrogen and oxygen atoms in total. The van der Waals surface area contributed by atoms with Crippen LogP contribution in [0.25, 0.3) is 21.9 Å². The molecule has 0 saturated heterocycles. The fourth-order valence-electron chi connectivity index (χ4n) is 2.82. The lowest BCUT2D eigenvalue weighted by molar-refractivity contribution is 0.596. The average molecular weight is 260 g/mol. The van der Waals surface area contributed by atoms with Gasteiger partial charge in [-0.2, -0.15) is 0 Å². The molecule has 0 saturated carbocycles. The summed E-state index contributed by atoms with van der Waals surface area (Å²) in [7, 11) is 0. The first-order valence-corrected chi connectivity index (χ1v) is 7.15. The van der Waals surface area contributed by atoms with Crippen molar-refractivity contribution in [1.82, 2.24) is 0 Å². The van der Waals surface area contributed by atoms with Crippen molar-refractivity contribution in [3.8, 4) is 11.1 Å². The van der Waals surface area contributed by atoms with E-state index in [1.165, 1.54) is 27.5 Å². The van der Waals surface area contributed by atoms with Crippen molar-refractivity contribution >= 4 is 10.8 Å². The van der Waals surface area contributed by atoms with E-state index in [0.29, 0.717) is 0 Å². The summed E-state index contributed by atoms with van der Waals surface area (Å²) in [4.78, 5) is 0. The van der Waals surface area contributed by atoms with Gasteiger partial charge in [0.2, 0.25) is 0 Å². The molecule has 0 heteroatoms. The minimum absolute atomic E-state index is 0.143. The highest BCUT2D eigenvalue weighted by molar-refractivity contribution is 5.99. The molecule has 0 N–H and O–H groups in total. The maximum Gasteiger partial charge on any atom is -0.00680 e. The Labute approximate surface area is 121 Å². The number of fused-ring (bicyclic) bond motifs is 1. The lowest BCUT2D eigenvalue weighted by Gasteiger charge is -2.23. The smallest absolute Gasteiger partial charge is 0.00680 e. The molecule has 0 heterocycles. The van der Waals surface area contributed by atoms with Crippen LogP contribution in [-0.4, -0.2) is 0 Å². The summed E-state index contributed by atoms with van der Waals surface area (Å²) >= 11 is 0. The normalized spacial score (nSPS) is 11.8. The van der Waals surface area contributed by atoms with Gasteiger partial charge in [-0.25, -0.2) is 0 Å². The molecule has 0 aliphatic carbocycles. The van der Waals surface area contributed by atoms with E-state index in [4.69, 9.17) is 0 Å². The zero-order valence-electron chi connectivity index (χ0n) is 12.4. The number of hydrogen-bond acceptors (Lipinski definition) is 0. The minimum atomic E-state index is 0.143. The van der Waals surface area contributed by atoms with Crippen molar-refractivity contribution in [3.63, 3.8) is 0 Å². The Bertz CT molecular complexity index is 726. The van der Waals surface area contributed by atoms with E-state index in [-0.39, 0.29) is 5.41 Å². The Balaban J connectivity index is 2.39. The molecular formula is C20H20. The van der Waals surface area contributed by atoms with E-state index in [2.05, 4.69) is 87.5 Å². The van der Waals surface area contributed by atoms with Crippen LogP contribution in [0.15, 0.2) is 66.7 Å². The Hall–Kier alpha value is -2.08. The maximum atomic E-state index is 2.28. The second kappa shape index (κ2) is 4.79. The first kappa shape index (κ1) is 12.9. The Morgan fingerprint density at radius 1 is 0.650 bits per heavy atom. The van der Waals surface area contributed by atoms with Crippen molar-refractivity contribution in [2.24, 2.45) is 0 Å². The molecule has 3 aromatic rings. The topological polar surface area (TPSA) is 0 Å². The van der Waals surface area contributed by atoms with Gasteiger partial charge in [-0.3, -0.25) is 0 Å². The summed E-state index contributed by atoms with van der Waals surface area (Å²) in [6.45, 7) is 6.84. The number of benzene rings is 3. The van der Waals surface area contributed by atoms with Crippen LogP contribution in [0, 0.1) is 0 Å². The molecule has 0 radical (unpaired) electrons. The van der Waals surface area contributed by atoms with Gasteiger partial charge in [0.15, 0.2) is 0 Å². The maximum absolute atomic E-state index is 2.28. The first-order chi connectivity index (χ1) is 9.57. The van der Waals surface area contributed by atoms with E-state index in [1.54, 1.807) is 0 Å². The Morgan fingerprint density at radius 2 is 1.30 bits per heavy atom. The highest BCUT2D eigenvalue weighted by Crippen LogP contribution is 2.36. The SMILES string of the molecule is CC(C)(C)c1cccc2cccc(-c3ccccc3)c12. The van der Waals surface area contributed by atoms with Crippen molar-refractivity contribution in [2.75, 3.05) is 0 Å². The van der Waals surface area contributed by atoms with Gasteiger partial charge in [-0.15, -0.1) is 0 Å². The largest absolute Gasteiger partial charge is 0.0622 e. The second-order valence-corrected chi connectivity index (χ2v) is 6.33. The molecule has 0 atom stereocenters. The number of rotatable bonds is 1. The molecule has 0 bridgehead atoms. The zero-order chi connectivity index (χ0) is 14.2. The third-order valence-corrected chi connectivity index (χ3v) is 3.80. The second-order valence-electron chi connectivity index (χ2n) is 6.33. The van der Waals surface area contributed by atoms with E-state index in [1.807, 2.05) is 0 Å². The molecule has 0 amide bonds. The fraction of sp³-hybridized carbons (Fsp3) is 0.200. The van der Waals surface area contributed by atoms with Gasteiger partial charge in [-0.1, -0.05) is 87.5 Å². The molecule has 0 aliphatic rings. The van der Waals surface area contributed by atoms with Crippen LogP contribution in [-0.2, 0) is 5.41 Å². The van der Waals surface area contributed by atoms with Crippen LogP contribution >= 0.6 is 0 Å². The molecule has 0 aromatic heterocycles. The van der Waals surface area contributed by atoms with Crippen LogP contribution in [0.5, 0.6) is 0 Å². The third-order valence-electron chi connectivity index (χ3n) is 3.80. The monoisotopic (exact) mass is 260 g/mol. The standard InChI is InChI=1S/C20H20/c1-20(2,3)18-14-8-12-16-11-7-13-17(19(16)18)15-9-5-4-6-10-15/h4-14H,1-3H3. The Kier molecular flexibility index (Phi) is 3.10. The van der Waals surface area contributed by atoms with Gasteiger partial charge < -0.3 is 0 Å². The van der Waals surface area contributed by atoms with Crippen LogP contribution in [0.1, 0.15) is 26.3 Å². The summed E-state index contributed by atoms with van der Waals surface area (Å²) in [6, 6.07) is 23.9. The lowest BCUT2D eigenvalue weighted by atomic mass is 9.81.